The van der Waals surface area contributed by atoms with Gasteiger partial charge in [-0.05, 0) is 29.8 Å². The van der Waals surface area contributed by atoms with E-state index in [1.165, 1.54) is 0 Å². The highest BCUT2D eigenvalue weighted by atomic mass is 16.5. The van der Waals surface area contributed by atoms with E-state index in [1.807, 2.05) is 18.2 Å². The minimum Gasteiger partial charge on any atom is -0.465 e. The second kappa shape index (κ2) is 5.77. The number of carbonyl (C=O) groups is 1. The third kappa shape index (κ3) is 3.64. The summed E-state index contributed by atoms with van der Waals surface area (Å²) in [6, 6.07) is 14.4. The van der Waals surface area contributed by atoms with Gasteiger partial charge in [0.05, 0.1) is 5.69 Å². The molecule has 2 rings (SSSR count). The normalized spacial score (nSPS) is 9.89. The molecule has 0 spiro atoms. The Labute approximate surface area is 110 Å². The average Bonchev–Trinajstić information content (AvgIpc) is 2.40. The second-order valence-electron chi connectivity index (χ2n) is 3.95. The van der Waals surface area contributed by atoms with Crippen LogP contribution < -0.4 is 15.8 Å². The Kier molecular flexibility index (Phi) is 3.87. The van der Waals surface area contributed by atoms with Gasteiger partial charge < -0.3 is 20.9 Å². The highest BCUT2D eigenvalue weighted by Gasteiger charge is 2.03. The molecule has 5 heteroatoms. The lowest BCUT2D eigenvalue weighted by Crippen LogP contribution is -2.19. The summed E-state index contributed by atoms with van der Waals surface area (Å²) in [6.45, 7) is 0.233. The summed E-state index contributed by atoms with van der Waals surface area (Å²) in [5.41, 5.74) is 7.16. The van der Waals surface area contributed by atoms with Crippen LogP contribution in [0.15, 0.2) is 48.5 Å². The first-order valence-electron chi connectivity index (χ1n) is 5.73. The summed E-state index contributed by atoms with van der Waals surface area (Å²) in [5.74, 6) is 1.19. The molecule has 0 aliphatic heterocycles. The first-order valence-corrected chi connectivity index (χ1v) is 5.73. The van der Waals surface area contributed by atoms with Crippen LogP contribution in [0.2, 0.25) is 0 Å². The molecule has 2 aromatic rings. The molecular weight excluding hydrogens is 244 g/mol. The number of amides is 1. The van der Waals surface area contributed by atoms with Crippen molar-refractivity contribution in [1.29, 1.82) is 0 Å². The summed E-state index contributed by atoms with van der Waals surface area (Å²) in [6.07, 6.45) is -1.06. The van der Waals surface area contributed by atoms with E-state index < -0.39 is 6.09 Å². The van der Waals surface area contributed by atoms with Gasteiger partial charge in [0, 0.05) is 6.54 Å². The van der Waals surface area contributed by atoms with Crippen molar-refractivity contribution < 1.29 is 14.6 Å². The summed E-state index contributed by atoms with van der Waals surface area (Å²) in [4.78, 5) is 10.4. The zero-order valence-electron chi connectivity index (χ0n) is 10.2. The van der Waals surface area contributed by atoms with E-state index in [1.54, 1.807) is 30.3 Å². The van der Waals surface area contributed by atoms with Crippen LogP contribution in [0.3, 0.4) is 0 Å². The summed E-state index contributed by atoms with van der Waals surface area (Å²) < 4.78 is 5.66. The fraction of sp³-hybridized carbons (Fsp3) is 0.0714. The number of rotatable bonds is 4. The number of hydrogen-bond donors (Lipinski definition) is 3. The molecule has 0 aromatic heterocycles. The topological polar surface area (TPSA) is 84.6 Å². The van der Waals surface area contributed by atoms with Crippen molar-refractivity contribution in [3.05, 3.63) is 54.1 Å². The molecule has 0 saturated heterocycles. The summed E-state index contributed by atoms with van der Waals surface area (Å²) >= 11 is 0. The molecule has 0 fully saturated rings. The molecule has 0 radical (unpaired) electrons. The Morgan fingerprint density at radius 1 is 1.21 bits per heavy atom. The van der Waals surface area contributed by atoms with Crippen LogP contribution in [-0.4, -0.2) is 11.2 Å². The van der Waals surface area contributed by atoms with E-state index >= 15 is 0 Å². The van der Waals surface area contributed by atoms with Crippen molar-refractivity contribution in [2.75, 3.05) is 5.73 Å². The largest absolute Gasteiger partial charge is 0.465 e. The lowest BCUT2D eigenvalue weighted by atomic mass is 10.2. The number of carboxylic acid groups (broad SMARTS) is 1. The minimum absolute atomic E-state index is 0.233. The monoisotopic (exact) mass is 258 g/mol. The molecule has 1 amide bonds. The highest BCUT2D eigenvalue weighted by molar-refractivity contribution is 5.64. The summed E-state index contributed by atoms with van der Waals surface area (Å²) in [5, 5.41) is 10.9. The van der Waals surface area contributed by atoms with Gasteiger partial charge in [-0.1, -0.05) is 24.3 Å². The third-order valence-electron chi connectivity index (χ3n) is 2.49. The summed E-state index contributed by atoms with van der Waals surface area (Å²) in [7, 11) is 0. The molecule has 2 aromatic carbocycles. The Balaban J connectivity index is 2.11. The van der Waals surface area contributed by atoms with Crippen LogP contribution in [0.5, 0.6) is 11.5 Å². The van der Waals surface area contributed by atoms with E-state index in [0.29, 0.717) is 17.2 Å². The number of hydrogen-bond acceptors (Lipinski definition) is 3. The minimum atomic E-state index is -1.06. The quantitative estimate of drug-likeness (QED) is 0.736. The van der Waals surface area contributed by atoms with Gasteiger partial charge >= 0.3 is 6.09 Å². The number of anilines is 1. The number of benzene rings is 2. The molecule has 19 heavy (non-hydrogen) atoms. The van der Waals surface area contributed by atoms with Crippen LogP contribution in [0.25, 0.3) is 0 Å². The molecule has 0 aliphatic carbocycles. The number of nitrogen functional groups attached to an aromatic ring is 1. The second-order valence-corrected chi connectivity index (χ2v) is 3.95. The van der Waals surface area contributed by atoms with Gasteiger partial charge in [0.25, 0.3) is 0 Å². The van der Waals surface area contributed by atoms with Crippen molar-refractivity contribution in [2.45, 2.75) is 6.54 Å². The van der Waals surface area contributed by atoms with Gasteiger partial charge in [0.1, 0.15) is 11.5 Å². The Morgan fingerprint density at radius 2 is 2.00 bits per heavy atom. The number of para-hydroxylation sites is 2. The molecule has 0 atom stereocenters. The van der Waals surface area contributed by atoms with Crippen LogP contribution >= 0.6 is 0 Å². The standard InChI is InChI=1S/C14H14N2O3/c15-12-6-1-2-7-13(12)19-11-5-3-4-10(8-11)9-16-14(17)18/h1-8,16H,9,15H2,(H,17,18). The van der Waals surface area contributed by atoms with Gasteiger partial charge in [-0.2, -0.15) is 0 Å². The Bertz CT molecular complexity index is 584. The number of nitrogens with one attached hydrogen (secondary N) is 1. The third-order valence-corrected chi connectivity index (χ3v) is 2.49. The maximum Gasteiger partial charge on any atom is 0.404 e. The first kappa shape index (κ1) is 12.8. The molecular formula is C14H14N2O3. The molecule has 0 unspecified atom stereocenters. The number of nitrogens with two attached hydrogens (primary N) is 1. The molecule has 0 heterocycles. The first-order chi connectivity index (χ1) is 9.15. The van der Waals surface area contributed by atoms with Gasteiger partial charge in [0.15, 0.2) is 0 Å². The van der Waals surface area contributed by atoms with Gasteiger partial charge in [-0.15, -0.1) is 0 Å². The van der Waals surface area contributed by atoms with Gasteiger partial charge in [-0.3, -0.25) is 0 Å². The molecule has 0 aliphatic rings. The van der Waals surface area contributed by atoms with E-state index in [-0.39, 0.29) is 6.54 Å². The number of ether oxygens (including phenoxy) is 1. The highest BCUT2D eigenvalue weighted by Crippen LogP contribution is 2.27. The Hall–Kier alpha value is -2.69. The zero-order valence-corrected chi connectivity index (χ0v) is 10.2. The fourth-order valence-electron chi connectivity index (χ4n) is 1.60. The van der Waals surface area contributed by atoms with Crippen molar-refractivity contribution in [3.63, 3.8) is 0 Å². The van der Waals surface area contributed by atoms with E-state index in [2.05, 4.69) is 5.32 Å². The van der Waals surface area contributed by atoms with E-state index in [0.717, 1.165) is 5.56 Å². The molecule has 5 nitrogen and oxygen atoms in total. The molecule has 4 N–H and O–H groups in total. The van der Waals surface area contributed by atoms with Crippen molar-refractivity contribution >= 4 is 11.8 Å². The van der Waals surface area contributed by atoms with Crippen LogP contribution in [0, 0.1) is 0 Å². The smallest absolute Gasteiger partial charge is 0.404 e. The van der Waals surface area contributed by atoms with Crippen LogP contribution in [-0.2, 0) is 6.54 Å². The van der Waals surface area contributed by atoms with Crippen LogP contribution in [0.1, 0.15) is 5.56 Å². The molecule has 0 bridgehead atoms. The van der Waals surface area contributed by atoms with Gasteiger partial charge in [0.2, 0.25) is 0 Å². The molecule has 0 saturated carbocycles. The van der Waals surface area contributed by atoms with Crippen molar-refractivity contribution in [2.24, 2.45) is 0 Å². The lowest BCUT2D eigenvalue weighted by molar-refractivity contribution is 0.194. The SMILES string of the molecule is Nc1ccccc1Oc1cccc(CNC(=O)O)c1. The zero-order chi connectivity index (χ0) is 13.7. The predicted molar refractivity (Wildman–Crippen MR) is 72.2 cm³/mol. The Morgan fingerprint density at radius 3 is 2.74 bits per heavy atom. The lowest BCUT2D eigenvalue weighted by Gasteiger charge is -2.09. The average molecular weight is 258 g/mol. The fourth-order valence-corrected chi connectivity index (χ4v) is 1.60. The van der Waals surface area contributed by atoms with Crippen LogP contribution in [0.4, 0.5) is 10.5 Å². The predicted octanol–water partition coefficient (Wildman–Crippen LogP) is 2.83. The van der Waals surface area contributed by atoms with Gasteiger partial charge in [-0.25, -0.2) is 4.79 Å². The van der Waals surface area contributed by atoms with Crippen molar-refractivity contribution in [1.82, 2.24) is 5.32 Å². The van der Waals surface area contributed by atoms with E-state index in [9.17, 15) is 4.79 Å². The van der Waals surface area contributed by atoms with E-state index in [4.69, 9.17) is 15.6 Å². The maximum atomic E-state index is 10.4. The van der Waals surface area contributed by atoms with Crippen molar-refractivity contribution in [3.8, 4) is 11.5 Å². The maximum absolute atomic E-state index is 10.4. The molecule has 98 valence electrons.